The summed E-state index contributed by atoms with van der Waals surface area (Å²) in [5.74, 6) is 0. The fourth-order valence-corrected chi connectivity index (χ4v) is 5.48. The van der Waals surface area contributed by atoms with E-state index in [0.29, 0.717) is 18.4 Å². The van der Waals surface area contributed by atoms with Gasteiger partial charge in [-0.2, -0.15) is 8.78 Å². The molecule has 3 nitrogen and oxygen atoms in total. The number of rotatable bonds is 10. The van der Waals surface area contributed by atoms with E-state index in [0.717, 1.165) is 4.47 Å². The quantitative estimate of drug-likeness (QED) is 0.323. The summed E-state index contributed by atoms with van der Waals surface area (Å²) in [6, 6.07) is 7.00. The summed E-state index contributed by atoms with van der Waals surface area (Å²) < 4.78 is 52.4. The van der Waals surface area contributed by atoms with Crippen molar-refractivity contribution in [2.24, 2.45) is 0 Å². The largest absolute Gasteiger partial charge is 0.410 e. The molecule has 0 atom stereocenters. The van der Waals surface area contributed by atoms with Gasteiger partial charge in [0.2, 0.25) is 0 Å². The van der Waals surface area contributed by atoms with Crippen LogP contribution in [0.5, 0.6) is 0 Å². The van der Waals surface area contributed by atoms with E-state index >= 15 is 0 Å². The molecule has 0 radical (unpaired) electrons. The summed E-state index contributed by atoms with van der Waals surface area (Å²) in [5.41, 5.74) is 0.610. The zero-order valence-electron chi connectivity index (χ0n) is 14.2. The molecule has 0 saturated carbocycles. The molecule has 0 spiro atoms. The van der Waals surface area contributed by atoms with Crippen molar-refractivity contribution in [3.8, 4) is 0 Å². The first-order valence-corrected chi connectivity index (χ1v) is 11.3. The molecule has 9 heteroatoms. The molecule has 0 aliphatic heterocycles. The van der Waals surface area contributed by atoms with Crippen LogP contribution in [-0.4, -0.2) is 18.2 Å². The van der Waals surface area contributed by atoms with Gasteiger partial charge in [0.15, 0.2) is 0 Å². The maximum absolute atomic E-state index is 14.7. The van der Waals surface area contributed by atoms with Crippen LogP contribution in [0.1, 0.15) is 39.2 Å². The minimum Gasteiger partial charge on any atom is -0.304 e. The van der Waals surface area contributed by atoms with Gasteiger partial charge < -0.3 is 9.05 Å². The number of allylic oxidation sites excluding steroid dienone is 1. The summed E-state index contributed by atoms with van der Waals surface area (Å²) in [7, 11) is -4.61. The normalized spacial score (nSPS) is 13.7. The van der Waals surface area contributed by atoms with E-state index in [-0.39, 0.29) is 34.9 Å². The Morgan fingerprint density at radius 2 is 1.72 bits per heavy atom. The van der Waals surface area contributed by atoms with E-state index in [1.54, 1.807) is 24.3 Å². The average Bonchev–Trinajstić information content (AvgIpc) is 2.54. The van der Waals surface area contributed by atoms with Gasteiger partial charge in [-0.3, -0.25) is 4.57 Å². The van der Waals surface area contributed by atoms with Crippen molar-refractivity contribution >= 4 is 51.9 Å². The second-order valence-electron chi connectivity index (χ2n) is 4.92. The van der Waals surface area contributed by atoms with Gasteiger partial charge in [-0.1, -0.05) is 53.0 Å². The van der Waals surface area contributed by atoms with E-state index in [4.69, 9.17) is 20.6 Å². The smallest absolute Gasteiger partial charge is 0.304 e. The Bertz CT molecular complexity index is 631. The molecule has 0 aliphatic carbocycles. The number of hydrogen-bond acceptors (Lipinski definition) is 4. The number of benzene rings is 1. The van der Waals surface area contributed by atoms with Gasteiger partial charge in [0.1, 0.15) is 0 Å². The van der Waals surface area contributed by atoms with Gasteiger partial charge in [-0.05, 0) is 49.7 Å². The first kappa shape index (κ1) is 23.1. The highest BCUT2D eigenvalue weighted by molar-refractivity contribution is 9.10. The fraction of sp³-hybridized carbons (Fsp3) is 0.500. The van der Waals surface area contributed by atoms with E-state index < -0.39 is 12.6 Å². The predicted octanol–water partition coefficient (Wildman–Crippen LogP) is 7.71. The topological polar surface area (TPSA) is 35.5 Å². The van der Waals surface area contributed by atoms with Crippen LogP contribution < -0.4 is 0 Å². The molecule has 0 bridgehead atoms. The van der Waals surface area contributed by atoms with Crippen molar-refractivity contribution in [3.05, 3.63) is 39.2 Å². The molecule has 0 aliphatic rings. The van der Waals surface area contributed by atoms with Crippen molar-refractivity contribution in [2.75, 3.05) is 13.2 Å². The Morgan fingerprint density at radius 1 is 1.20 bits per heavy atom. The second-order valence-corrected chi connectivity index (χ2v) is 9.79. The molecule has 0 amide bonds. The van der Waals surface area contributed by atoms with E-state index in [1.165, 1.54) is 13.8 Å². The number of halogens is 4. The Kier molecular flexibility index (Phi) is 9.65. The van der Waals surface area contributed by atoms with Crippen molar-refractivity contribution in [2.45, 2.75) is 38.6 Å². The SMILES string of the molecule is CCC/C(SC(F)(F)P(=O)(OCC)OCC)=C(\Cl)c1ccc(Br)cc1. The molecule has 0 aromatic heterocycles. The molecule has 0 fully saturated rings. The molecule has 0 unspecified atom stereocenters. The molecule has 0 N–H and O–H groups in total. The zero-order chi connectivity index (χ0) is 19.1. The molecule has 142 valence electrons. The van der Waals surface area contributed by atoms with Crippen molar-refractivity contribution in [1.82, 2.24) is 0 Å². The van der Waals surface area contributed by atoms with Crippen LogP contribution >= 0.6 is 46.9 Å². The van der Waals surface area contributed by atoms with Crippen molar-refractivity contribution in [1.29, 1.82) is 0 Å². The summed E-state index contributed by atoms with van der Waals surface area (Å²) in [6.07, 6.45) is 0.937. The van der Waals surface area contributed by atoms with E-state index in [2.05, 4.69) is 15.9 Å². The lowest BCUT2D eigenvalue weighted by atomic mass is 10.2. The lowest BCUT2D eigenvalue weighted by Crippen LogP contribution is -2.17. The first-order valence-electron chi connectivity index (χ1n) is 7.81. The van der Waals surface area contributed by atoms with E-state index in [1.807, 2.05) is 6.92 Å². The monoisotopic (exact) mass is 476 g/mol. The molecule has 0 saturated heterocycles. The molecule has 0 heterocycles. The third-order valence-corrected chi connectivity index (χ3v) is 7.75. The highest BCUT2D eigenvalue weighted by Crippen LogP contribution is 2.68. The fourth-order valence-electron chi connectivity index (χ4n) is 1.92. The van der Waals surface area contributed by atoms with Crippen LogP contribution in [-0.2, 0) is 13.6 Å². The molecular weight excluding hydrogens is 457 g/mol. The Morgan fingerprint density at radius 3 is 2.16 bits per heavy atom. The minimum atomic E-state index is -4.61. The summed E-state index contributed by atoms with van der Waals surface area (Å²) >= 11 is 9.83. The van der Waals surface area contributed by atoms with Crippen LogP contribution in [0.25, 0.3) is 5.03 Å². The lowest BCUT2D eigenvalue weighted by molar-refractivity contribution is 0.112. The Balaban J connectivity index is 3.23. The van der Waals surface area contributed by atoms with Crippen LogP contribution in [0.3, 0.4) is 0 Å². The van der Waals surface area contributed by atoms with Crippen LogP contribution in [0.2, 0.25) is 0 Å². The van der Waals surface area contributed by atoms with Crippen LogP contribution in [0, 0.1) is 0 Å². The first-order chi connectivity index (χ1) is 11.7. The van der Waals surface area contributed by atoms with Crippen LogP contribution in [0.4, 0.5) is 8.78 Å². The van der Waals surface area contributed by atoms with Crippen LogP contribution in [0.15, 0.2) is 33.6 Å². The summed E-state index contributed by atoms with van der Waals surface area (Å²) in [5, 5.41) is 0.207. The average molecular weight is 478 g/mol. The van der Waals surface area contributed by atoms with Gasteiger partial charge in [-0.25, -0.2) is 0 Å². The summed E-state index contributed by atoms with van der Waals surface area (Å²) in [6.45, 7) is 4.56. The molecule has 1 rings (SSSR count). The number of hydrogen-bond donors (Lipinski definition) is 0. The maximum Gasteiger partial charge on any atom is 0.410 e. The second kappa shape index (κ2) is 10.4. The van der Waals surface area contributed by atoms with E-state index in [9.17, 15) is 13.3 Å². The maximum atomic E-state index is 14.7. The number of alkyl halides is 2. The van der Waals surface area contributed by atoms with Gasteiger partial charge in [-0.15, -0.1) is 0 Å². The van der Waals surface area contributed by atoms with Gasteiger partial charge in [0, 0.05) is 9.38 Å². The third kappa shape index (κ3) is 6.33. The summed E-state index contributed by atoms with van der Waals surface area (Å²) in [4.78, 5) is -3.49. The molecule has 1 aromatic carbocycles. The van der Waals surface area contributed by atoms with Gasteiger partial charge in [0.05, 0.1) is 18.2 Å². The van der Waals surface area contributed by atoms with Crippen molar-refractivity contribution in [3.63, 3.8) is 0 Å². The Hall–Kier alpha value is 0.0900. The molecule has 1 aromatic rings. The highest BCUT2D eigenvalue weighted by Gasteiger charge is 2.54. The predicted molar refractivity (Wildman–Crippen MR) is 105 cm³/mol. The highest BCUT2D eigenvalue weighted by atomic mass is 79.9. The zero-order valence-corrected chi connectivity index (χ0v) is 18.3. The standard InChI is InChI=1S/C16H21BrClF2O3PS/c1-4-7-14(15(18)12-8-10-13(17)11-9-12)25-16(19,20)24(21,22-5-2)23-6-3/h8-11H,4-7H2,1-3H3/b15-14+. The number of thioether (sulfide) groups is 1. The van der Waals surface area contributed by atoms with Gasteiger partial charge >= 0.3 is 12.6 Å². The molecular formula is C16H21BrClF2O3PS. The lowest BCUT2D eigenvalue weighted by Gasteiger charge is -2.26. The minimum absolute atomic E-state index is 0.138. The van der Waals surface area contributed by atoms with Crippen molar-refractivity contribution < 1.29 is 22.4 Å². The van der Waals surface area contributed by atoms with Gasteiger partial charge in [0.25, 0.3) is 0 Å². The third-order valence-electron chi connectivity index (χ3n) is 2.98. The molecule has 25 heavy (non-hydrogen) atoms. The Labute approximate surface area is 165 Å².